The third-order valence-electron chi connectivity index (χ3n) is 4.34. The number of ether oxygens (including phenoxy) is 1. The highest BCUT2D eigenvalue weighted by molar-refractivity contribution is 9.10. The van der Waals surface area contributed by atoms with Gasteiger partial charge in [0.15, 0.2) is 0 Å². The Morgan fingerprint density at radius 1 is 0.968 bits per heavy atom. The molecule has 0 atom stereocenters. The predicted molar refractivity (Wildman–Crippen MR) is 124 cm³/mol. The number of nitrogens with zero attached hydrogens (tertiary/aromatic N) is 1. The summed E-state index contributed by atoms with van der Waals surface area (Å²) in [6.07, 6.45) is 0. The van der Waals surface area contributed by atoms with Gasteiger partial charge in [-0.1, -0.05) is 46.3 Å². The van der Waals surface area contributed by atoms with Crippen molar-refractivity contribution in [3.63, 3.8) is 0 Å². The number of halogens is 1. The highest BCUT2D eigenvalue weighted by Crippen LogP contribution is 2.26. The monoisotopic (exact) mass is 501 g/mol. The maximum Gasteiger partial charge on any atom is 0.271 e. The maximum absolute atomic E-state index is 12.8. The average molecular weight is 502 g/mol. The lowest BCUT2D eigenvalue weighted by atomic mass is 10.1. The molecule has 2 N–H and O–H groups in total. The van der Waals surface area contributed by atoms with Crippen LogP contribution in [0.4, 0.5) is 5.69 Å². The van der Waals surface area contributed by atoms with Crippen LogP contribution in [0.1, 0.15) is 22.8 Å². The first kappa shape index (κ1) is 22.5. The van der Waals surface area contributed by atoms with Crippen LogP contribution in [0.2, 0.25) is 0 Å². The van der Waals surface area contributed by atoms with E-state index < -0.39 is 15.9 Å². The fraction of sp³-hybridized carbons (Fsp3) is 0.0909. The average Bonchev–Trinajstić information content (AvgIpc) is 2.78. The van der Waals surface area contributed by atoms with E-state index in [1.54, 1.807) is 31.2 Å². The normalized spacial score (nSPS) is 11.6. The fourth-order valence-electron chi connectivity index (χ4n) is 2.69. The second kappa shape index (κ2) is 9.76. The van der Waals surface area contributed by atoms with Gasteiger partial charge in [-0.2, -0.15) is 5.10 Å². The molecule has 0 saturated heterocycles. The van der Waals surface area contributed by atoms with Gasteiger partial charge in [0.25, 0.3) is 15.9 Å². The quantitative estimate of drug-likeness (QED) is 0.370. The van der Waals surface area contributed by atoms with Gasteiger partial charge in [0, 0.05) is 10.0 Å². The van der Waals surface area contributed by atoms with Crippen molar-refractivity contribution in [1.29, 1.82) is 0 Å². The van der Waals surface area contributed by atoms with Crippen LogP contribution in [0.3, 0.4) is 0 Å². The van der Waals surface area contributed by atoms with Gasteiger partial charge in [-0.05, 0) is 55.0 Å². The first-order valence-corrected chi connectivity index (χ1v) is 11.4. The Bertz CT molecular complexity index is 1230. The lowest BCUT2D eigenvalue weighted by molar-refractivity contribution is 0.0954. The van der Waals surface area contributed by atoms with E-state index in [2.05, 4.69) is 31.2 Å². The number of nitrogens with one attached hydrogen (secondary N) is 2. The molecular weight excluding hydrogens is 482 g/mol. The van der Waals surface area contributed by atoms with E-state index >= 15 is 0 Å². The minimum atomic E-state index is -3.93. The Morgan fingerprint density at radius 2 is 1.68 bits per heavy atom. The van der Waals surface area contributed by atoms with Crippen LogP contribution in [0.25, 0.3) is 0 Å². The van der Waals surface area contributed by atoms with E-state index in [0.717, 1.165) is 10.0 Å². The second-order valence-corrected chi connectivity index (χ2v) is 9.08. The van der Waals surface area contributed by atoms with E-state index in [1.807, 2.05) is 24.3 Å². The molecule has 0 aromatic heterocycles. The van der Waals surface area contributed by atoms with Gasteiger partial charge >= 0.3 is 0 Å². The van der Waals surface area contributed by atoms with Gasteiger partial charge in [-0.25, -0.2) is 13.8 Å². The van der Waals surface area contributed by atoms with E-state index in [9.17, 15) is 13.2 Å². The second-order valence-electron chi connectivity index (χ2n) is 6.48. The van der Waals surface area contributed by atoms with E-state index in [-0.39, 0.29) is 10.5 Å². The fourth-order valence-corrected chi connectivity index (χ4v) is 4.07. The third-order valence-corrected chi connectivity index (χ3v) is 6.24. The number of para-hydroxylation sites is 2. The summed E-state index contributed by atoms with van der Waals surface area (Å²) in [7, 11) is -2.48. The molecule has 0 spiro atoms. The van der Waals surface area contributed by atoms with Gasteiger partial charge in [0.05, 0.1) is 23.4 Å². The molecule has 7 nitrogen and oxygen atoms in total. The topological polar surface area (TPSA) is 96.9 Å². The van der Waals surface area contributed by atoms with Gasteiger partial charge in [0.1, 0.15) is 5.75 Å². The number of sulfonamides is 1. The third kappa shape index (κ3) is 5.71. The van der Waals surface area contributed by atoms with Crippen LogP contribution in [0, 0.1) is 0 Å². The standard InChI is InChI=1S/C22H20BrN3O4S/c1-15(16-10-12-18(23)13-11-16)24-25-22(27)17-6-5-7-19(14-17)31(28,29)26-20-8-3-4-9-21(20)30-2/h3-14,26H,1-2H3,(H,25,27)/b24-15-. The molecule has 3 rings (SSSR count). The molecule has 0 aliphatic heterocycles. The van der Waals surface area contributed by atoms with Crippen LogP contribution in [0.5, 0.6) is 5.75 Å². The number of hydrogen-bond donors (Lipinski definition) is 2. The van der Waals surface area contributed by atoms with Gasteiger partial charge in [-0.3, -0.25) is 9.52 Å². The number of amides is 1. The van der Waals surface area contributed by atoms with Crippen molar-refractivity contribution < 1.29 is 17.9 Å². The lowest BCUT2D eigenvalue weighted by Gasteiger charge is -2.12. The van der Waals surface area contributed by atoms with Gasteiger partial charge in [0.2, 0.25) is 0 Å². The molecular formula is C22H20BrN3O4S. The number of hydrazone groups is 1. The summed E-state index contributed by atoms with van der Waals surface area (Å²) in [6, 6.07) is 19.9. The number of hydrogen-bond acceptors (Lipinski definition) is 5. The Hall–Kier alpha value is -3.17. The molecule has 31 heavy (non-hydrogen) atoms. The van der Waals surface area contributed by atoms with Crippen LogP contribution < -0.4 is 14.9 Å². The minimum Gasteiger partial charge on any atom is -0.495 e. The predicted octanol–water partition coefficient (Wildman–Crippen LogP) is 4.41. The van der Waals surface area contributed by atoms with E-state index in [1.165, 1.54) is 31.4 Å². The SMILES string of the molecule is COc1ccccc1NS(=O)(=O)c1cccc(C(=O)N/N=C(/C)c2ccc(Br)cc2)c1. The van der Waals surface area contributed by atoms with Crippen LogP contribution in [-0.2, 0) is 10.0 Å². The first-order chi connectivity index (χ1) is 14.8. The largest absolute Gasteiger partial charge is 0.495 e. The zero-order valence-electron chi connectivity index (χ0n) is 16.8. The van der Waals surface area contributed by atoms with Crippen LogP contribution >= 0.6 is 15.9 Å². The molecule has 0 saturated carbocycles. The van der Waals surface area contributed by atoms with Crippen LogP contribution in [0.15, 0.2) is 87.3 Å². The van der Waals surface area contributed by atoms with Crippen molar-refractivity contribution in [2.24, 2.45) is 5.10 Å². The lowest BCUT2D eigenvalue weighted by Crippen LogP contribution is -2.20. The Kier molecular flexibility index (Phi) is 7.09. The summed E-state index contributed by atoms with van der Waals surface area (Å²) in [5.74, 6) is -0.136. The first-order valence-electron chi connectivity index (χ1n) is 9.16. The number of carbonyl (C=O) groups excluding carboxylic acids is 1. The molecule has 3 aromatic rings. The minimum absolute atomic E-state index is 0.0559. The summed E-state index contributed by atoms with van der Waals surface area (Å²) in [5.41, 5.74) is 4.38. The number of methoxy groups -OCH3 is 1. The van der Waals surface area contributed by atoms with Crippen molar-refractivity contribution in [2.75, 3.05) is 11.8 Å². The Morgan fingerprint density at radius 3 is 2.39 bits per heavy atom. The number of anilines is 1. The highest BCUT2D eigenvalue weighted by atomic mass is 79.9. The van der Waals surface area contributed by atoms with E-state index in [0.29, 0.717) is 17.1 Å². The number of benzene rings is 3. The zero-order chi connectivity index (χ0) is 22.4. The zero-order valence-corrected chi connectivity index (χ0v) is 19.2. The molecule has 1 amide bonds. The highest BCUT2D eigenvalue weighted by Gasteiger charge is 2.18. The smallest absolute Gasteiger partial charge is 0.271 e. The van der Waals surface area contributed by atoms with Crippen molar-refractivity contribution in [3.8, 4) is 5.75 Å². The Labute approximate surface area is 189 Å². The van der Waals surface area contributed by atoms with Crippen molar-refractivity contribution in [1.82, 2.24) is 5.43 Å². The summed E-state index contributed by atoms with van der Waals surface area (Å²) < 4.78 is 34.2. The maximum atomic E-state index is 12.8. The molecule has 0 aliphatic rings. The molecule has 0 unspecified atom stereocenters. The number of carbonyl (C=O) groups is 1. The molecule has 0 fully saturated rings. The molecule has 0 heterocycles. The summed E-state index contributed by atoms with van der Waals surface area (Å²) in [6.45, 7) is 1.77. The molecule has 0 radical (unpaired) electrons. The van der Waals surface area contributed by atoms with Crippen molar-refractivity contribution in [3.05, 3.63) is 88.4 Å². The number of rotatable bonds is 7. The summed E-state index contributed by atoms with van der Waals surface area (Å²) >= 11 is 3.37. The Balaban J connectivity index is 1.78. The van der Waals surface area contributed by atoms with Gasteiger partial charge < -0.3 is 4.74 Å². The molecule has 3 aromatic carbocycles. The molecule has 0 bridgehead atoms. The summed E-state index contributed by atoms with van der Waals surface area (Å²) in [4.78, 5) is 12.5. The van der Waals surface area contributed by atoms with Gasteiger partial charge in [-0.15, -0.1) is 0 Å². The van der Waals surface area contributed by atoms with Crippen molar-refractivity contribution in [2.45, 2.75) is 11.8 Å². The van der Waals surface area contributed by atoms with Crippen molar-refractivity contribution >= 4 is 43.3 Å². The molecule has 160 valence electrons. The van der Waals surface area contributed by atoms with Crippen LogP contribution in [-0.4, -0.2) is 27.1 Å². The summed E-state index contributed by atoms with van der Waals surface area (Å²) in [5, 5.41) is 4.10. The molecule has 9 heteroatoms. The van der Waals surface area contributed by atoms with E-state index in [4.69, 9.17) is 4.74 Å². The molecule has 0 aliphatic carbocycles.